The predicted molar refractivity (Wildman–Crippen MR) is 50.9 cm³/mol. The molecule has 1 aromatic carbocycles. The Morgan fingerprint density at radius 3 is 2.54 bits per heavy atom. The summed E-state index contributed by atoms with van der Waals surface area (Å²) in [5.74, 6) is -0.176. The first-order chi connectivity index (χ1) is 6.07. The van der Waals surface area contributed by atoms with Crippen molar-refractivity contribution in [1.82, 2.24) is 0 Å². The second kappa shape index (κ2) is 3.59. The molecule has 3 heteroatoms. The Kier molecular flexibility index (Phi) is 2.69. The van der Waals surface area contributed by atoms with Crippen molar-refractivity contribution in [3.63, 3.8) is 0 Å². The summed E-state index contributed by atoms with van der Waals surface area (Å²) >= 11 is 5.80. The Labute approximate surface area is 81.7 Å². The topological polar surface area (TPSA) is 40.9 Å². The van der Waals surface area contributed by atoms with Crippen LogP contribution in [-0.2, 0) is 0 Å². The van der Waals surface area contributed by atoms with Crippen LogP contribution in [0.5, 0.6) is 0 Å². The maximum atomic E-state index is 11.2. The minimum Gasteiger partial charge on any atom is -0.294 e. The minimum atomic E-state index is -0.176. The van der Waals surface area contributed by atoms with Gasteiger partial charge in [-0.15, -0.1) is 0 Å². The van der Waals surface area contributed by atoms with Gasteiger partial charge in [-0.3, -0.25) is 4.79 Å². The first-order valence-corrected chi connectivity index (χ1v) is 4.16. The van der Waals surface area contributed by atoms with Gasteiger partial charge in [0.05, 0.1) is 16.1 Å². The molecule has 1 aromatic rings. The number of hydrogen-bond donors (Lipinski definition) is 0. The molecular formula is C10H8ClNO. The van der Waals surface area contributed by atoms with Crippen molar-refractivity contribution in [2.45, 2.75) is 13.8 Å². The lowest BCUT2D eigenvalue weighted by Gasteiger charge is -2.04. The van der Waals surface area contributed by atoms with E-state index < -0.39 is 0 Å². The van der Waals surface area contributed by atoms with E-state index in [0.717, 1.165) is 5.56 Å². The number of carbonyl (C=O) groups excluding carboxylic acids is 1. The van der Waals surface area contributed by atoms with Crippen LogP contribution < -0.4 is 0 Å². The third-order valence-corrected chi connectivity index (χ3v) is 2.14. The lowest BCUT2D eigenvalue weighted by Crippen LogP contribution is -2.00. The first kappa shape index (κ1) is 9.76. The molecule has 0 aliphatic rings. The lowest BCUT2D eigenvalue weighted by molar-refractivity contribution is 0.101. The zero-order chi connectivity index (χ0) is 10.0. The van der Waals surface area contributed by atoms with Crippen molar-refractivity contribution in [1.29, 1.82) is 5.26 Å². The van der Waals surface area contributed by atoms with E-state index in [1.54, 1.807) is 19.1 Å². The molecule has 0 N–H and O–H groups in total. The number of hydrogen-bond acceptors (Lipinski definition) is 2. The van der Waals surface area contributed by atoms with E-state index in [0.29, 0.717) is 16.1 Å². The summed E-state index contributed by atoms with van der Waals surface area (Å²) in [5, 5.41) is 9.15. The molecule has 0 amide bonds. The first-order valence-electron chi connectivity index (χ1n) is 3.78. The summed E-state index contributed by atoms with van der Waals surface area (Å²) in [6.07, 6.45) is 0. The Morgan fingerprint density at radius 1 is 1.54 bits per heavy atom. The normalized spacial score (nSPS) is 9.38. The molecule has 0 saturated heterocycles. The number of benzene rings is 1. The highest BCUT2D eigenvalue weighted by atomic mass is 35.5. The number of halogens is 1. The van der Waals surface area contributed by atoms with E-state index in [9.17, 15) is 4.79 Å². The summed E-state index contributed by atoms with van der Waals surface area (Å²) in [6, 6.07) is 5.34. The summed E-state index contributed by atoms with van der Waals surface area (Å²) in [7, 11) is 0. The number of aryl methyl sites for hydroxylation is 1. The molecule has 0 saturated carbocycles. The Hall–Kier alpha value is -1.33. The summed E-state index contributed by atoms with van der Waals surface area (Å²) in [5.41, 5.74) is 1.47. The number of rotatable bonds is 1. The molecule has 0 spiro atoms. The lowest BCUT2D eigenvalue weighted by atomic mass is 10.0. The molecule has 0 heterocycles. The maximum Gasteiger partial charge on any atom is 0.162 e. The van der Waals surface area contributed by atoms with Gasteiger partial charge in [0, 0.05) is 0 Å². The van der Waals surface area contributed by atoms with Gasteiger partial charge in [0.25, 0.3) is 0 Å². The fourth-order valence-electron chi connectivity index (χ4n) is 1.17. The summed E-state index contributed by atoms with van der Waals surface area (Å²) in [6.45, 7) is 3.18. The molecule has 0 fully saturated rings. The van der Waals surface area contributed by atoms with Gasteiger partial charge >= 0.3 is 0 Å². The number of ketones is 1. The molecular weight excluding hydrogens is 186 g/mol. The molecule has 0 aliphatic carbocycles. The molecule has 2 nitrogen and oxygen atoms in total. The van der Waals surface area contributed by atoms with Crippen molar-refractivity contribution in [3.8, 4) is 6.07 Å². The summed E-state index contributed by atoms with van der Waals surface area (Å²) in [4.78, 5) is 11.2. The van der Waals surface area contributed by atoms with Gasteiger partial charge in [0.2, 0.25) is 0 Å². The highest BCUT2D eigenvalue weighted by molar-refractivity contribution is 6.34. The average Bonchev–Trinajstić information content (AvgIpc) is 2.07. The van der Waals surface area contributed by atoms with Crippen LogP contribution in [0.4, 0.5) is 0 Å². The highest BCUT2D eigenvalue weighted by Crippen LogP contribution is 2.22. The summed E-state index contributed by atoms with van der Waals surface area (Å²) < 4.78 is 0. The van der Waals surface area contributed by atoms with Crippen LogP contribution in [0.1, 0.15) is 28.4 Å². The van der Waals surface area contributed by atoms with Crippen molar-refractivity contribution in [2.24, 2.45) is 0 Å². The van der Waals surface area contributed by atoms with Crippen LogP contribution in [0.15, 0.2) is 12.1 Å². The molecule has 0 bridgehead atoms. The fraction of sp³-hybridized carbons (Fsp3) is 0.200. The van der Waals surface area contributed by atoms with Crippen LogP contribution in [0.25, 0.3) is 0 Å². The minimum absolute atomic E-state index is 0.176. The highest BCUT2D eigenvalue weighted by Gasteiger charge is 2.13. The molecule has 0 radical (unpaired) electrons. The maximum absolute atomic E-state index is 11.2. The van der Waals surface area contributed by atoms with Crippen LogP contribution in [-0.4, -0.2) is 5.78 Å². The monoisotopic (exact) mass is 193 g/mol. The standard InChI is InChI=1S/C10H8ClNO/c1-6-3-4-9(11)10(7(2)13)8(6)5-12/h3-4H,1-2H3. The Morgan fingerprint density at radius 2 is 2.15 bits per heavy atom. The van der Waals surface area contributed by atoms with Crippen LogP contribution in [0.3, 0.4) is 0 Å². The van der Waals surface area contributed by atoms with Crippen LogP contribution in [0, 0.1) is 18.3 Å². The van der Waals surface area contributed by atoms with Gasteiger partial charge < -0.3 is 0 Å². The molecule has 13 heavy (non-hydrogen) atoms. The molecule has 0 atom stereocenters. The zero-order valence-electron chi connectivity index (χ0n) is 7.39. The Bertz CT molecular complexity index is 404. The van der Waals surface area contributed by atoms with Crippen molar-refractivity contribution >= 4 is 17.4 Å². The van der Waals surface area contributed by atoms with Gasteiger partial charge in [-0.05, 0) is 25.5 Å². The molecule has 0 aliphatic heterocycles. The van der Waals surface area contributed by atoms with Crippen molar-refractivity contribution in [2.75, 3.05) is 0 Å². The van der Waals surface area contributed by atoms with E-state index in [2.05, 4.69) is 0 Å². The van der Waals surface area contributed by atoms with Crippen molar-refractivity contribution in [3.05, 3.63) is 33.8 Å². The smallest absolute Gasteiger partial charge is 0.162 e. The van der Waals surface area contributed by atoms with E-state index in [-0.39, 0.29) is 5.78 Å². The second-order valence-corrected chi connectivity index (χ2v) is 3.19. The van der Waals surface area contributed by atoms with Crippen LogP contribution >= 0.6 is 11.6 Å². The third-order valence-electron chi connectivity index (χ3n) is 1.83. The number of carbonyl (C=O) groups is 1. The largest absolute Gasteiger partial charge is 0.294 e. The van der Waals surface area contributed by atoms with Gasteiger partial charge in [-0.25, -0.2) is 0 Å². The SMILES string of the molecule is CC(=O)c1c(Cl)ccc(C)c1C#N. The van der Waals surface area contributed by atoms with E-state index in [4.69, 9.17) is 16.9 Å². The molecule has 66 valence electrons. The second-order valence-electron chi connectivity index (χ2n) is 2.78. The van der Waals surface area contributed by atoms with E-state index in [1.807, 2.05) is 6.07 Å². The van der Waals surface area contributed by atoms with E-state index >= 15 is 0 Å². The van der Waals surface area contributed by atoms with E-state index in [1.165, 1.54) is 6.92 Å². The van der Waals surface area contributed by atoms with Gasteiger partial charge in [0.1, 0.15) is 6.07 Å². The zero-order valence-corrected chi connectivity index (χ0v) is 8.14. The number of nitriles is 1. The number of Topliss-reactive ketones (excluding diaryl/α,β-unsaturated/α-hetero) is 1. The van der Waals surface area contributed by atoms with Crippen molar-refractivity contribution < 1.29 is 4.79 Å². The van der Waals surface area contributed by atoms with Crippen LogP contribution in [0.2, 0.25) is 5.02 Å². The van der Waals surface area contributed by atoms with Gasteiger partial charge in [-0.1, -0.05) is 17.7 Å². The fourth-order valence-corrected chi connectivity index (χ4v) is 1.46. The molecule has 1 rings (SSSR count). The third kappa shape index (κ3) is 1.71. The number of nitrogens with zero attached hydrogens (tertiary/aromatic N) is 1. The average molecular weight is 194 g/mol. The quantitative estimate of drug-likeness (QED) is 0.644. The Balaban J connectivity index is 3.55. The van der Waals surface area contributed by atoms with Gasteiger partial charge in [-0.2, -0.15) is 5.26 Å². The molecule has 0 unspecified atom stereocenters. The predicted octanol–water partition coefficient (Wildman–Crippen LogP) is 2.72. The van der Waals surface area contributed by atoms with Gasteiger partial charge in [0.15, 0.2) is 5.78 Å². The molecule has 0 aromatic heterocycles.